The molecule has 168 valence electrons. The summed E-state index contributed by atoms with van der Waals surface area (Å²) in [5.41, 5.74) is 1.28. The van der Waals surface area contributed by atoms with E-state index in [9.17, 15) is 18.0 Å². The molecule has 0 fully saturated rings. The molecule has 0 saturated heterocycles. The van der Waals surface area contributed by atoms with Gasteiger partial charge in [-0.25, -0.2) is 4.68 Å². The molecule has 1 amide bonds. The van der Waals surface area contributed by atoms with Crippen molar-refractivity contribution < 1.29 is 18.0 Å². The predicted molar refractivity (Wildman–Crippen MR) is 120 cm³/mol. The summed E-state index contributed by atoms with van der Waals surface area (Å²) < 4.78 is 43.3. The second-order valence-corrected chi connectivity index (χ2v) is 8.90. The van der Waals surface area contributed by atoms with Crippen LogP contribution in [0.5, 0.6) is 0 Å². The Morgan fingerprint density at radius 2 is 1.88 bits per heavy atom. The number of halogens is 5. The fraction of sp³-hybridized carbons (Fsp3) is 0.273. The van der Waals surface area contributed by atoms with Crippen molar-refractivity contribution in [3.8, 4) is 0 Å². The summed E-state index contributed by atoms with van der Waals surface area (Å²) in [6.45, 7) is 1.78. The average Bonchev–Trinajstić information content (AvgIpc) is 3.10. The highest BCUT2D eigenvalue weighted by atomic mass is 79.9. The second kappa shape index (κ2) is 8.78. The molecule has 2 N–H and O–H groups in total. The van der Waals surface area contributed by atoms with Gasteiger partial charge < -0.3 is 10.6 Å². The van der Waals surface area contributed by atoms with E-state index < -0.39 is 24.2 Å². The molecule has 0 aliphatic carbocycles. The van der Waals surface area contributed by atoms with Crippen molar-refractivity contribution in [1.82, 2.24) is 15.1 Å². The van der Waals surface area contributed by atoms with E-state index in [0.717, 1.165) is 14.7 Å². The normalized spacial score (nSPS) is 19.1. The van der Waals surface area contributed by atoms with Crippen molar-refractivity contribution in [2.24, 2.45) is 0 Å². The van der Waals surface area contributed by atoms with Crippen molar-refractivity contribution >= 4 is 39.3 Å². The van der Waals surface area contributed by atoms with E-state index in [0.29, 0.717) is 5.56 Å². The number of hydrogen-bond acceptors (Lipinski definition) is 3. The molecule has 4 rings (SSSR count). The number of carbonyl (C=O) groups is 1. The Morgan fingerprint density at radius 3 is 2.50 bits per heavy atom. The maximum Gasteiger partial charge on any atom is 0.410 e. The Morgan fingerprint density at radius 1 is 1.22 bits per heavy atom. The van der Waals surface area contributed by atoms with Gasteiger partial charge >= 0.3 is 6.18 Å². The van der Waals surface area contributed by atoms with Gasteiger partial charge in [-0.2, -0.15) is 18.3 Å². The van der Waals surface area contributed by atoms with E-state index in [1.165, 1.54) is 0 Å². The third-order valence-electron chi connectivity index (χ3n) is 5.43. The van der Waals surface area contributed by atoms with E-state index in [-0.39, 0.29) is 29.0 Å². The van der Waals surface area contributed by atoms with E-state index in [2.05, 4.69) is 31.7 Å². The number of aromatic nitrogens is 2. The van der Waals surface area contributed by atoms with Gasteiger partial charge in [0.2, 0.25) is 0 Å². The van der Waals surface area contributed by atoms with Gasteiger partial charge in [0, 0.05) is 10.9 Å². The van der Waals surface area contributed by atoms with E-state index in [1.807, 2.05) is 30.3 Å². The molecule has 3 aromatic rings. The lowest BCUT2D eigenvalue weighted by Crippen LogP contribution is -2.36. The molecule has 10 heteroatoms. The van der Waals surface area contributed by atoms with Crippen LogP contribution in [0.15, 0.2) is 59.1 Å². The maximum absolute atomic E-state index is 13.9. The first kappa shape index (κ1) is 22.7. The molecule has 3 atom stereocenters. The lowest BCUT2D eigenvalue weighted by atomic mass is 9.97. The lowest BCUT2D eigenvalue weighted by molar-refractivity contribution is -0.173. The highest BCUT2D eigenvalue weighted by Crippen LogP contribution is 2.46. The quantitative estimate of drug-likeness (QED) is 0.410. The van der Waals surface area contributed by atoms with Crippen molar-refractivity contribution in [2.75, 3.05) is 5.32 Å². The van der Waals surface area contributed by atoms with Crippen LogP contribution in [0.3, 0.4) is 0 Å². The highest BCUT2D eigenvalue weighted by Gasteiger charge is 2.47. The number of alkyl halides is 3. The van der Waals surface area contributed by atoms with Crippen LogP contribution >= 0.6 is 27.5 Å². The number of nitrogens with one attached hydrogen (secondary N) is 2. The summed E-state index contributed by atoms with van der Waals surface area (Å²) in [5.74, 6) is -0.665. The van der Waals surface area contributed by atoms with E-state index >= 15 is 0 Å². The van der Waals surface area contributed by atoms with Gasteiger partial charge in [-0.05, 0) is 30.2 Å². The molecule has 0 radical (unpaired) electrons. The first-order valence-corrected chi connectivity index (χ1v) is 11.0. The Balaban J connectivity index is 1.66. The summed E-state index contributed by atoms with van der Waals surface area (Å²) >= 11 is 9.70. The van der Waals surface area contributed by atoms with E-state index in [1.54, 1.807) is 31.2 Å². The molecule has 0 saturated carbocycles. The zero-order valence-electron chi connectivity index (χ0n) is 16.8. The predicted octanol–water partition coefficient (Wildman–Crippen LogP) is 6.45. The zero-order chi connectivity index (χ0) is 23.0. The van der Waals surface area contributed by atoms with Crippen molar-refractivity contribution in [2.45, 2.75) is 37.6 Å². The molecule has 0 unspecified atom stereocenters. The smallest absolute Gasteiger partial charge is 0.362 e. The number of benzene rings is 2. The zero-order valence-corrected chi connectivity index (χ0v) is 19.2. The van der Waals surface area contributed by atoms with Crippen LogP contribution in [-0.4, -0.2) is 21.9 Å². The standard InChI is InChI=1S/C22H19BrClF3N4O/c1-12(13-5-3-2-4-6-13)28-21(32)19-18(24)20-29-16(14-7-9-15(23)10-8-14)11-17(22(25,26)27)31(20)30-19/h2-10,12,16-17,29H,11H2,1H3,(H,28,32)/t12-,16-,17-/m0/s1. The molecular weight excluding hydrogens is 509 g/mol. The van der Waals surface area contributed by atoms with Crippen LogP contribution in [0, 0.1) is 0 Å². The minimum atomic E-state index is -4.56. The molecule has 5 nitrogen and oxygen atoms in total. The third-order valence-corrected chi connectivity index (χ3v) is 6.32. The van der Waals surface area contributed by atoms with Gasteiger partial charge in [0.15, 0.2) is 11.7 Å². The Bertz CT molecular complexity index is 1120. The molecule has 1 aromatic heterocycles. The largest absolute Gasteiger partial charge is 0.410 e. The second-order valence-electron chi connectivity index (χ2n) is 7.60. The van der Waals surface area contributed by atoms with Gasteiger partial charge in [0.25, 0.3) is 5.91 Å². The summed E-state index contributed by atoms with van der Waals surface area (Å²) in [5, 5.41) is 9.62. The van der Waals surface area contributed by atoms with Gasteiger partial charge in [-0.1, -0.05) is 70.0 Å². The molecule has 1 aliphatic heterocycles. The Kier molecular flexibility index (Phi) is 6.22. The fourth-order valence-electron chi connectivity index (χ4n) is 3.74. The topological polar surface area (TPSA) is 59.0 Å². The summed E-state index contributed by atoms with van der Waals surface area (Å²) in [7, 11) is 0. The number of hydrogen-bond donors (Lipinski definition) is 2. The van der Waals surface area contributed by atoms with Gasteiger partial charge in [-0.15, -0.1) is 0 Å². The third kappa shape index (κ3) is 4.49. The molecule has 0 spiro atoms. The molecule has 32 heavy (non-hydrogen) atoms. The van der Waals surface area contributed by atoms with Gasteiger partial charge in [0.1, 0.15) is 10.8 Å². The van der Waals surface area contributed by atoms with Crippen LogP contribution in [-0.2, 0) is 0 Å². The number of amides is 1. The Labute approximate surface area is 196 Å². The van der Waals surface area contributed by atoms with Crippen LogP contribution in [0.4, 0.5) is 19.0 Å². The summed E-state index contributed by atoms with van der Waals surface area (Å²) in [6, 6.07) is 13.3. The van der Waals surface area contributed by atoms with Crippen LogP contribution in [0.2, 0.25) is 5.02 Å². The Hall–Kier alpha value is -2.52. The molecular formula is C22H19BrClF3N4O. The number of anilines is 1. The minimum Gasteiger partial charge on any atom is -0.362 e. The fourth-order valence-corrected chi connectivity index (χ4v) is 4.27. The van der Waals surface area contributed by atoms with Crippen LogP contribution < -0.4 is 10.6 Å². The van der Waals surface area contributed by atoms with Crippen molar-refractivity contribution in [3.05, 3.63) is 80.9 Å². The number of carbonyl (C=O) groups excluding carboxylic acids is 1. The summed E-state index contributed by atoms with van der Waals surface area (Å²) in [6.07, 6.45) is -4.84. The van der Waals surface area contributed by atoms with Gasteiger partial charge in [-0.3, -0.25) is 4.79 Å². The van der Waals surface area contributed by atoms with E-state index in [4.69, 9.17) is 11.6 Å². The number of rotatable bonds is 4. The van der Waals surface area contributed by atoms with Crippen LogP contribution in [0.25, 0.3) is 0 Å². The highest BCUT2D eigenvalue weighted by molar-refractivity contribution is 9.10. The molecule has 2 aromatic carbocycles. The first-order chi connectivity index (χ1) is 15.1. The minimum absolute atomic E-state index is 0.0225. The molecule has 0 bridgehead atoms. The molecule has 1 aliphatic rings. The number of fused-ring (bicyclic) bond motifs is 1. The SMILES string of the molecule is C[C@H](NC(=O)c1nn2c(c1Cl)N[C@H](c1ccc(Br)cc1)C[C@H]2C(F)(F)F)c1ccccc1. The summed E-state index contributed by atoms with van der Waals surface area (Å²) in [4.78, 5) is 12.8. The van der Waals surface area contributed by atoms with Crippen molar-refractivity contribution in [1.29, 1.82) is 0 Å². The van der Waals surface area contributed by atoms with Gasteiger partial charge in [0.05, 0.1) is 12.1 Å². The average molecular weight is 528 g/mol. The number of nitrogens with zero attached hydrogens (tertiary/aromatic N) is 2. The maximum atomic E-state index is 13.9. The first-order valence-electron chi connectivity index (χ1n) is 9.87. The lowest BCUT2D eigenvalue weighted by Gasteiger charge is -2.33. The van der Waals surface area contributed by atoms with Crippen LogP contribution in [0.1, 0.15) is 53.1 Å². The van der Waals surface area contributed by atoms with Crippen molar-refractivity contribution in [3.63, 3.8) is 0 Å². The monoisotopic (exact) mass is 526 g/mol. The molecule has 2 heterocycles.